The van der Waals surface area contributed by atoms with Gasteiger partial charge >= 0.3 is 0 Å². The van der Waals surface area contributed by atoms with Crippen molar-refractivity contribution in [3.8, 4) is 0 Å². The zero-order valence-electron chi connectivity index (χ0n) is 10.0. The van der Waals surface area contributed by atoms with Gasteiger partial charge in [-0.3, -0.25) is 9.69 Å². The molecule has 0 saturated carbocycles. The smallest absolute Gasteiger partial charge is 0.131 e. The van der Waals surface area contributed by atoms with Gasteiger partial charge in [0.05, 0.1) is 6.61 Å². The van der Waals surface area contributed by atoms with Crippen molar-refractivity contribution in [2.75, 3.05) is 20.3 Å². The van der Waals surface area contributed by atoms with Crippen LogP contribution in [0.1, 0.15) is 34.1 Å². The summed E-state index contributed by atoms with van der Waals surface area (Å²) in [6.07, 6.45) is 0.627. The molecule has 0 aromatic heterocycles. The van der Waals surface area contributed by atoms with E-state index >= 15 is 0 Å². The Bertz CT molecular complexity index is 171. The molecule has 0 N–H and O–H groups in total. The van der Waals surface area contributed by atoms with Gasteiger partial charge in [0.1, 0.15) is 5.78 Å². The molecule has 0 amide bonds. The Balaban J connectivity index is 4.16. The van der Waals surface area contributed by atoms with Crippen molar-refractivity contribution in [3.63, 3.8) is 0 Å². The maximum Gasteiger partial charge on any atom is 0.131 e. The summed E-state index contributed by atoms with van der Waals surface area (Å²) in [5.74, 6) is 0.251. The second-order valence-electron chi connectivity index (χ2n) is 3.89. The second kappa shape index (κ2) is 6.96. The third-order valence-corrected chi connectivity index (χ3v) is 2.49. The normalized spacial score (nSPS) is 15.6. The van der Waals surface area contributed by atoms with Crippen molar-refractivity contribution >= 4 is 5.78 Å². The molecule has 0 bridgehead atoms. The van der Waals surface area contributed by atoms with Crippen molar-refractivity contribution in [2.45, 2.75) is 46.2 Å². The minimum atomic E-state index is 0.251. The molecule has 0 rings (SSSR count). The first-order chi connectivity index (χ1) is 6.52. The van der Waals surface area contributed by atoms with E-state index < -0.39 is 0 Å². The van der Waals surface area contributed by atoms with E-state index in [4.69, 9.17) is 4.74 Å². The third kappa shape index (κ3) is 4.72. The SMILES string of the molecule is CCN(C(C)COC)C(C)CC(C)=O. The lowest BCUT2D eigenvalue weighted by Gasteiger charge is -2.32. The van der Waals surface area contributed by atoms with Crippen molar-refractivity contribution < 1.29 is 9.53 Å². The highest BCUT2D eigenvalue weighted by atomic mass is 16.5. The number of likely N-dealkylation sites (N-methyl/N-ethyl adjacent to an activating group) is 1. The molecule has 2 atom stereocenters. The Morgan fingerprint density at radius 1 is 1.36 bits per heavy atom. The Morgan fingerprint density at radius 3 is 2.29 bits per heavy atom. The van der Waals surface area contributed by atoms with Crippen molar-refractivity contribution in [1.82, 2.24) is 4.90 Å². The molecule has 2 unspecified atom stereocenters. The lowest BCUT2D eigenvalue weighted by molar-refractivity contribution is -0.118. The van der Waals surface area contributed by atoms with Gasteiger partial charge in [0, 0.05) is 25.6 Å². The Hall–Kier alpha value is -0.410. The first-order valence-corrected chi connectivity index (χ1v) is 5.27. The molecule has 0 aliphatic heterocycles. The Labute approximate surface area is 87.4 Å². The maximum atomic E-state index is 11.0. The number of hydrogen-bond acceptors (Lipinski definition) is 3. The van der Waals surface area contributed by atoms with Crippen LogP contribution in [0.4, 0.5) is 0 Å². The number of Topliss-reactive ketones (excluding diaryl/α,β-unsaturated/α-hetero) is 1. The molecule has 3 heteroatoms. The van der Waals surface area contributed by atoms with E-state index in [0.717, 1.165) is 13.2 Å². The number of rotatable bonds is 7. The van der Waals surface area contributed by atoms with Gasteiger partial charge in [-0.1, -0.05) is 6.92 Å². The van der Waals surface area contributed by atoms with Gasteiger partial charge in [-0.15, -0.1) is 0 Å². The van der Waals surface area contributed by atoms with Crippen LogP contribution in [-0.2, 0) is 9.53 Å². The second-order valence-corrected chi connectivity index (χ2v) is 3.89. The van der Waals surface area contributed by atoms with E-state index in [9.17, 15) is 4.79 Å². The largest absolute Gasteiger partial charge is 0.383 e. The fourth-order valence-corrected chi connectivity index (χ4v) is 1.93. The summed E-state index contributed by atoms with van der Waals surface area (Å²) >= 11 is 0. The van der Waals surface area contributed by atoms with Gasteiger partial charge in [-0.05, 0) is 27.3 Å². The van der Waals surface area contributed by atoms with Crippen molar-refractivity contribution in [3.05, 3.63) is 0 Å². The van der Waals surface area contributed by atoms with E-state index in [-0.39, 0.29) is 5.78 Å². The summed E-state index contributed by atoms with van der Waals surface area (Å²) in [4.78, 5) is 13.3. The topological polar surface area (TPSA) is 29.5 Å². The number of carbonyl (C=O) groups excluding carboxylic acids is 1. The van der Waals surface area contributed by atoms with Gasteiger partial charge in [-0.2, -0.15) is 0 Å². The highest BCUT2D eigenvalue weighted by Gasteiger charge is 2.19. The summed E-state index contributed by atoms with van der Waals surface area (Å²) in [7, 11) is 1.71. The standard InChI is InChI=1S/C11H23NO2/c1-6-12(10(3)8-14-5)9(2)7-11(4)13/h9-10H,6-8H2,1-5H3. The monoisotopic (exact) mass is 201 g/mol. The number of hydrogen-bond donors (Lipinski definition) is 0. The molecule has 0 radical (unpaired) electrons. The zero-order valence-corrected chi connectivity index (χ0v) is 10.0. The van der Waals surface area contributed by atoms with E-state index in [1.165, 1.54) is 0 Å². The number of ether oxygens (including phenoxy) is 1. The summed E-state index contributed by atoms with van der Waals surface area (Å²) in [6, 6.07) is 0.682. The van der Waals surface area contributed by atoms with Crippen LogP contribution in [0.15, 0.2) is 0 Å². The average Bonchev–Trinajstić information content (AvgIpc) is 2.04. The first kappa shape index (κ1) is 13.6. The molecule has 0 aromatic carbocycles. The minimum absolute atomic E-state index is 0.251. The van der Waals surface area contributed by atoms with Gasteiger partial charge in [0.15, 0.2) is 0 Å². The molecule has 0 saturated heterocycles. The van der Waals surface area contributed by atoms with E-state index in [1.54, 1.807) is 14.0 Å². The molecule has 0 aliphatic carbocycles. The minimum Gasteiger partial charge on any atom is -0.383 e. The first-order valence-electron chi connectivity index (χ1n) is 5.27. The van der Waals surface area contributed by atoms with Crippen LogP contribution in [0.5, 0.6) is 0 Å². The fourth-order valence-electron chi connectivity index (χ4n) is 1.93. The lowest BCUT2D eigenvalue weighted by atomic mass is 10.1. The number of nitrogens with zero attached hydrogens (tertiary/aromatic N) is 1. The average molecular weight is 201 g/mol. The Morgan fingerprint density at radius 2 is 1.93 bits per heavy atom. The molecule has 3 nitrogen and oxygen atoms in total. The fraction of sp³-hybridized carbons (Fsp3) is 0.909. The van der Waals surface area contributed by atoms with Crippen LogP contribution in [0.3, 0.4) is 0 Å². The van der Waals surface area contributed by atoms with Crippen LogP contribution >= 0.6 is 0 Å². The molecule has 14 heavy (non-hydrogen) atoms. The molecule has 0 spiro atoms. The molecular formula is C11H23NO2. The molecule has 0 fully saturated rings. The van der Waals surface area contributed by atoms with Crippen molar-refractivity contribution in [2.24, 2.45) is 0 Å². The van der Waals surface area contributed by atoms with Gasteiger partial charge in [-0.25, -0.2) is 0 Å². The Kier molecular flexibility index (Phi) is 6.75. The third-order valence-electron chi connectivity index (χ3n) is 2.49. The lowest BCUT2D eigenvalue weighted by Crippen LogP contribution is -2.43. The maximum absolute atomic E-state index is 11.0. The van der Waals surface area contributed by atoms with Crippen LogP contribution in [0.25, 0.3) is 0 Å². The van der Waals surface area contributed by atoms with Crippen LogP contribution in [-0.4, -0.2) is 43.0 Å². The highest BCUT2D eigenvalue weighted by molar-refractivity contribution is 5.76. The molecule has 0 aromatic rings. The highest BCUT2D eigenvalue weighted by Crippen LogP contribution is 2.09. The number of ketones is 1. The summed E-state index contributed by atoms with van der Waals surface area (Å²) in [5, 5.41) is 0. The predicted octanol–water partition coefficient (Wildman–Crippen LogP) is 1.71. The summed E-state index contributed by atoms with van der Waals surface area (Å²) in [5.41, 5.74) is 0. The van der Waals surface area contributed by atoms with E-state index in [0.29, 0.717) is 18.5 Å². The zero-order chi connectivity index (χ0) is 11.1. The predicted molar refractivity (Wildman–Crippen MR) is 58.5 cm³/mol. The van der Waals surface area contributed by atoms with E-state index in [2.05, 4.69) is 25.7 Å². The van der Waals surface area contributed by atoms with Crippen LogP contribution < -0.4 is 0 Å². The van der Waals surface area contributed by atoms with Gasteiger partial charge < -0.3 is 4.74 Å². The summed E-state index contributed by atoms with van der Waals surface area (Å²) in [6.45, 7) is 9.66. The van der Waals surface area contributed by atoms with Gasteiger partial charge in [0.2, 0.25) is 0 Å². The molecule has 0 heterocycles. The number of methoxy groups -OCH3 is 1. The summed E-state index contributed by atoms with van der Waals surface area (Å²) < 4.78 is 5.11. The van der Waals surface area contributed by atoms with Crippen LogP contribution in [0.2, 0.25) is 0 Å². The molecule has 84 valence electrons. The quantitative estimate of drug-likeness (QED) is 0.628. The van der Waals surface area contributed by atoms with Crippen LogP contribution in [0, 0.1) is 0 Å². The van der Waals surface area contributed by atoms with Gasteiger partial charge in [0.25, 0.3) is 0 Å². The van der Waals surface area contributed by atoms with E-state index in [1.807, 2.05) is 0 Å². The van der Waals surface area contributed by atoms with Crippen molar-refractivity contribution in [1.29, 1.82) is 0 Å². The molecular weight excluding hydrogens is 178 g/mol. The number of carbonyl (C=O) groups is 1. The molecule has 0 aliphatic rings.